The number of rotatable bonds is 7. The molecule has 106 valence electrons. The van der Waals surface area contributed by atoms with Crippen molar-refractivity contribution in [2.75, 3.05) is 13.2 Å². The zero-order valence-corrected chi connectivity index (χ0v) is 11.1. The lowest BCUT2D eigenvalue weighted by Gasteiger charge is -2.22. The molecule has 1 unspecified atom stereocenters. The molecule has 6 nitrogen and oxygen atoms in total. The molecule has 0 spiro atoms. The fourth-order valence-electron chi connectivity index (χ4n) is 2.28. The number of fused-ring (bicyclic) bond motifs is 1. The van der Waals surface area contributed by atoms with Gasteiger partial charge in [-0.15, -0.1) is 0 Å². The predicted molar refractivity (Wildman–Crippen MR) is 71.5 cm³/mol. The Balaban J connectivity index is 1.64. The van der Waals surface area contributed by atoms with Gasteiger partial charge in [0, 0.05) is 26.1 Å². The van der Waals surface area contributed by atoms with Crippen LogP contribution in [-0.4, -0.2) is 40.2 Å². The van der Waals surface area contributed by atoms with Crippen LogP contribution in [0, 0.1) is 0 Å². The van der Waals surface area contributed by atoms with Crippen molar-refractivity contribution in [3.05, 3.63) is 17.7 Å². The van der Waals surface area contributed by atoms with Crippen LogP contribution in [0.15, 0.2) is 6.33 Å². The van der Waals surface area contributed by atoms with E-state index in [-0.39, 0.29) is 18.6 Å². The highest BCUT2D eigenvalue weighted by Gasteiger charge is 2.25. The van der Waals surface area contributed by atoms with E-state index in [9.17, 15) is 4.79 Å². The van der Waals surface area contributed by atoms with Crippen molar-refractivity contribution in [3.63, 3.8) is 0 Å². The molecule has 1 aliphatic heterocycles. The van der Waals surface area contributed by atoms with Crippen LogP contribution in [0.1, 0.15) is 37.1 Å². The minimum absolute atomic E-state index is 0.0517. The second kappa shape index (κ2) is 7.25. The summed E-state index contributed by atoms with van der Waals surface area (Å²) in [7, 11) is 0. The smallest absolute Gasteiger partial charge is 0.237 e. The summed E-state index contributed by atoms with van der Waals surface area (Å²) < 4.78 is 0. The van der Waals surface area contributed by atoms with Gasteiger partial charge in [0.25, 0.3) is 0 Å². The van der Waals surface area contributed by atoms with E-state index < -0.39 is 0 Å². The molecule has 1 aromatic heterocycles. The van der Waals surface area contributed by atoms with Gasteiger partial charge in [-0.2, -0.15) is 0 Å². The predicted octanol–water partition coefficient (Wildman–Crippen LogP) is 0.0929. The van der Waals surface area contributed by atoms with Crippen LogP contribution in [0.3, 0.4) is 0 Å². The van der Waals surface area contributed by atoms with Crippen LogP contribution in [0.25, 0.3) is 0 Å². The van der Waals surface area contributed by atoms with Gasteiger partial charge >= 0.3 is 0 Å². The van der Waals surface area contributed by atoms with Gasteiger partial charge in [0.05, 0.1) is 23.8 Å². The van der Waals surface area contributed by atoms with E-state index in [1.165, 1.54) is 0 Å². The summed E-state index contributed by atoms with van der Waals surface area (Å²) in [6, 6.07) is -0.173. The Morgan fingerprint density at radius 2 is 2.26 bits per heavy atom. The van der Waals surface area contributed by atoms with Crippen LogP contribution in [0.4, 0.5) is 0 Å². The zero-order chi connectivity index (χ0) is 13.5. The SMILES string of the molecule is O=C(NCCCCCCO)C1Cc2nc[nH]c2CN1. The Kier molecular flexibility index (Phi) is 5.35. The maximum absolute atomic E-state index is 12.0. The van der Waals surface area contributed by atoms with E-state index in [0.717, 1.165) is 37.1 Å². The van der Waals surface area contributed by atoms with Crippen LogP contribution >= 0.6 is 0 Å². The van der Waals surface area contributed by atoms with Gasteiger partial charge in [0.2, 0.25) is 5.91 Å². The Bertz CT molecular complexity index is 405. The Hall–Kier alpha value is -1.40. The number of hydrogen-bond donors (Lipinski definition) is 4. The second-order valence-electron chi connectivity index (χ2n) is 4.89. The van der Waals surface area contributed by atoms with Crippen LogP contribution in [-0.2, 0) is 17.8 Å². The van der Waals surface area contributed by atoms with Crippen molar-refractivity contribution in [1.82, 2.24) is 20.6 Å². The largest absolute Gasteiger partial charge is 0.396 e. The van der Waals surface area contributed by atoms with Crippen molar-refractivity contribution in [1.29, 1.82) is 0 Å². The molecule has 1 aliphatic rings. The molecule has 0 fully saturated rings. The van der Waals surface area contributed by atoms with Gasteiger partial charge in [0.1, 0.15) is 0 Å². The summed E-state index contributed by atoms with van der Waals surface area (Å²) in [6.45, 7) is 1.63. The first-order chi connectivity index (χ1) is 9.31. The molecule has 2 heterocycles. The number of carbonyl (C=O) groups is 1. The highest BCUT2D eigenvalue weighted by Crippen LogP contribution is 2.12. The van der Waals surface area contributed by atoms with Gasteiger partial charge < -0.3 is 15.4 Å². The molecular formula is C13H22N4O2. The van der Waals surface area contributed by atoms with Crippen LogP contribution in [0.5, 0.6) is 0 Å². The van der Waals surface area contributed by atoms with E-state index in [2.05, 4.69) is 20.6 Å². The fraction of sp³-hybridized carbons (Fsp3) is 0.692. The molecule has 0 bridgehead atoms. The van der Waals surface area contributed by atoms with E-state index in [1.54, 1.807) is 6.33 Å². The summed E-state index contributed by atoms with van der Waals surface area (Å²) in [5.41, 5.74) is 2.06. The van der Waals surface area contributed by atoms with Gasteiger partial charge in [-0.1, -0.05) is 12.8 Å². The lowest BCUT2D eigenvalue weighted by atomic mass is 10.0. The number of unbranched alkanes of at least 4 members (excludes halogenated alkanes) is 3. The van der Waals surface area contributed by atoms with Crippen molar-refractivity contribution >= 4 is 5.91 Å². The molecule has 6 heteroatoms. The number of nitrogens with zero attached hydrogens (tertiary/aromatic N) is 1. The molecule has 0 aliphatic carbocycles. The fourth-order valence-corrected chi connectivity index (χ4v) is 2.28. The van der Waals surface area contributed by atoms with Gasteiger partial charge in [-0.25, -0.2) is 4.98 Å². The first-order valence-corrected chi connectivity index (χ1v) is 6.94. The average molecular weight is 266 g/mol. The lowest BCUT2D eigenvalue weighted by Crippen LogP contribution is -2.47. The molecule has 1 aromatic rings. The number of aliphatic hydroxyl groups excluding tert-OH is 1. The number of nitrogens with one attached hydrogen (secondary N) is 3. The van der Waals surface area contributed by atoms with Crippen molar-refractivity contribution in [2.24, 2.45) is 0 Å². The van der Waals surface area contributed by atoms with Crippen molar-refractivity contribution in [2.45, 2.75) is 44.7 Å². The molecule has 1 atom stereocenters. The molecule has 0 radical (unpaired) electrons. The van der Waals surface area contributed by atoms with Gasteiger partial charge in [0.15, 0.2) is 0 Å². The normalized spacial score (nSPS) is 18.1. The molecule has 0 saturated carbocycles. The van der Waals surface area contributed by atoms with Crippen LogP contribution in [0.2, 0.25) is 0 Å². The average Bonchev–Trinajstić information content (AvgIpc) is 2.89. The number of aromatic nitrogens is 2. The summed E-state index contributed by atoms with van der Waals surface area (Å²) >= 11 is 0. The molecule has 0 aromatic carbocycles. The number of aromatic amines is 1. The Labute approximate surface area is 113 Å². The van der Waals surface area contributed by atoms with Crippen molar-refractivity contribution in [3.8, 4) is 0 Å². The van der Waals surface area contributed by atoms with E-state index in [0.29, 0.717) is 19.5 Å². The Morgan fingerprint density at radius 3 is 3.11 bits per heavy atom. The monoisotopic (exact) mass is 266 g/mol. The molecule has 2 rings (SSSR count). The number of H-pyrrole nitrogens is 1. The van der Waals surface area contributed by atoms with E-state index >= 15 is 0 Å². The maximum Gasteiger partial charge on any atom is 0.237 e. The number of amides is 1. The first kappa shape index (κ1) is 14.0. The van der Waals surface area contributed by atoms with Crippen LogP contribution < -0.4 is 10.6 Å². The minimum Gasteiger partial charge on any atom is -0.396 e. The number of imidazole rings is 1. The van der Waals surface area contributed by atoms with Gasteiger partial charge in [-0.3, -0.25) is 10.1 Å². The molecular weight excluding hydrogens is 244 g/mol. The second-order valence-corrected chi connectivity index (χ2v) is 4.89. The summed E-state index contributed by atoms with van der Waals surface area (Å²) in [5.74, 6) is 0.0517. The van der Waals surface area contributed by atoms with Gasteiger partial charge in [-0.05, 0) is 12.8 Å². The maximum atomic E-state index is 12.0. The summed E-state index contributed by atoms with van der Waals surface area (Å²) in [4.78, 5) is 19.3. The Morgan fingerprint density at radius 1 is 1.42 bits per heavy atom. The first-order valence-electron chi connectivity index (χ1n) is 6.94. The third kappa shape index (κ3) is 4.04. The zero-order valence-electron chi connectivity index (χ0n) is 11.1. The number of aliphatic hydroxyl groups is 1. The van der Waals surface area contributed by atoms with Crippen molar-refractivity contribution < 1.29 is 9.90 Å². The van der Waals surface area contributed by atoms with E-state index in [4.69, 9.17) is 5.11 Å². The summed E-state index contributed by atoms with van der Waals surface area (Å²) in [6.07, 6.45) is 6.20. The summed E-state index contributed by atoms with van der Waals surface area (Å²) in [5, 5.41) is 14.8. The molecule has 19 heavy (non-hydrogen) atoms. The quantitative estimate of drug-likeness (QED) is 0.527. The number of carbonyl (C=O) groups excluding carboxylic acids is 1. The topological polar surface area (TPSA) is 90.0 Å². The third-order valence-corrected chi connectivity index (χ3v) is 3.43. The molecule has 4 N–H and O–H groups in total. The molecule has 1 amide bonds. The number of hydrogen-bond acceptors (Lipinski definition) is 4. The minimum atomic E-state index is -0.173. The van der Waals surface area contributed by atoms with E-state index in [1.807, 2.05) is 0 Å². The standard InChI is InChI=1S/C13H22N4O2/c18-6-4-2-1-3-5-14-13(19)11-7-10-12(8-15-11)17-9-16-10/h9,11,15,18H,1-8H2,(H,14,19)(H,16,17). The highest BCUT2D eigenvalue weighted by atomic mass is 16.2. The lowest BCUT2D eigenvalue weighted by molar-refractivity contribution is -0.123. The molecule has 0 saturated heterocycles. The highest BCUT2D eigenvalue weighted by molar-refractivity contribution is 5.82. The third-order valence-electron chi connectivity index (χ3n) is 3.43.